The highest BCUT2D eigenvalue weighted by molar-refractivity contribution is 5.93. The molecule has 3 rings (SSSR count). The van der Waals surface area contributed by atoms with Gasteiger partial charge in [-0.05, 0) is 60.0 Å². The van der Waals surface area contributed by atoms with Crippen LogP contribution in [0.15, 0.2) is 42.5 Å². The maximum atomic E-state index is 11.8. The first-order chi connectivity index (χ1) is 11.1. The molecular formula is C19H18O4. The number of carbonyl (C=O) groups excluding carboxylic acids is 1. The van der Waals surface area contributed by atoms with Gasteiger partial charge in [-0.2, -0.15) is 0 Å². The van der Waals surface area contributed by atoms with Crippen LogP contribution in [-0.2, 0) is 4.74 Å². The second-order valence-electron chi connectivity index (χ2n) is 5.31. The normalized spacial score (nSPS) is 12.7. The van der Waals surface area contributed by atoms with Crippen molar-refractivity contribution in [2.75, 3.05) is 20.8 Å². The van der Waals surface area contributed by atoms with Crippen molar-refractivity contribution >= 4 is 11.5 Å². The Morgan fingerprint density at radius 2 is 1.91 bits per heavy atom. The Bertz CT molecular complexity index is 790. The van der Waals surface area contributed by atoms with Gasteiger partial charge in [0.2, 0.25) is 0 Å². The molecule has 118 valence electrons. The molecule has 0 saturated carbocycles. The molecule has 1 aliphatic rings. The standard InChI is InChI=1S/C19H18O4/c1-12-10-14(21-2)5-6-15(12)16-8-9-23-18-7-4-13(11-17(16)18)19(20)22-3/h4-8,10-11H,9H2,1-3H3. The quantitative estimate of drug-likeness (QED) is 0.812. The topological polar surface area (TPSA) is 44.8 Å². The average molecular weight is 310 g/mol. The third kappa shape index (κ3) is 2.80. The van der Waals surface area contributed by atoms with Crippen LogP contribution >= 0.6 is 0 Å². The summed E-state index contributed by atoms with van der Waals surface area (Å²) in [6.45, 7) is 2.55. The molecule has 4 nitrogen and oxygen atoms in total. The van der Waals surface area contributed by atoms with E-state index in [1.165, 1.54) is 7.11 Å². The lowest BCUT2D eigenvalue weighted by Gasteiger charge is -2.21. The van der Waals surface area contributed by atoms with Crippen molar-refractivity contribution in [2.24, 2.45) is 0 Å². The van der Waals surface area contributed by atoms with Gasteiger partial charge in [0.1, 0.15) is 18.1 Å². The van der Waals surface area contributed by atoms with Crippen LogP contribution in [0.2, 0.25) is 0 Å². The molecule has 0 aromatic heterocycles. The minimum absolute atomic E-state index is 0.357. The van der Waals surface area contributed by atoms with Crippen LogP contribution < -0.4 is 9.47 Å². The first kappa shape index (κ1) is 15.2. The highest BCUT2D eigenvalue weighted by Crippen LogP contribution is 2.37. The minimum Gasteiger partial charge on any atom is -0.497 e. The van der Waals surface area contributed by atoms with Crippen molar-refractivity contribution in [1.82, 2.24) is 0 Å². The zero-order valence-electron chi connectivity index (χ0n) is 13.4. The lowest BCUT2D eigenvalue weighted by molar-refractivity contribution is 0.0600. The summed E-state index contributed by atoms with van der Waals surface area (Å²) in [4.78, 5) is 11.8. The summed E-state index contributed by atoms with van der Waals surface area (Å²) in [5.74, 6) is 1.23. The Morgan fingerprint density at radius 3 is 2.61 bits per heavy atom. The van der Waals surface area contributed by atoms with Gasteiger partial charge < -0.3 is 14.2 Å². The van der Waals surface area contributed by atoms with Gasteiger partial charge >= 0.3 is 5.97 Å². The number of hydrogen-bond acceptors (Lipinski definition) is 4. The summed E-state index contributed by atoms with van der Waals surface area (Å²) < 4.78 is 15.7. The van der Waals surface area contributed by atoms with Crippen LogP contribution in [0.25, 0.3) is 5.57 Å². The van der Waals surface area contributed by atoms with Gasteiger partial charge in [-0.25, -0.2) is 4.79 Å². The minimum atomic E-state index is -0.357. The fourth-order valence-electron chi connectivity index (χ4n) is 2.76. The molecule has 0 radical (unpaired) electrons. The van der Waals surface area contributed by atoms with E-state index in [0.29, 0.717) is 12.2 Å². The van der Waals surface area contributed by atoms with Gasteiger partial charge in [0.25, 0.3) is 0 Å². The highest BCUT2D eigenvalue weighted by Gasteiger charge is 2.19. The SMILES string of the molecule is COC(=O)c1ccc2c(c1)C(c1ccc(OC)cc1C)=CCO2. The summed E-state index contributed by atoms with van der Waals surface area (Å²) >= 11 is 0. The predicted octanol–water partition coefficient (Wildman–Crippen LogP) is 3.61. The zero-order valence-corrected chi connectivity index (χ0v) is 13.4. The summed E-state index contributed by atoms with van der Waals surface area (Å²) in [5.41, 5.74) is 4.66. The predicted molar refractivity (Wildman–Crippen MR) is 88.1 cm³/mol. The van der Waals surface area contributed by atoms with Crippen molar-refractivity contribution in [1.29, 1.82) is 0 Å². The number of fused-ring (bicyclic) bond motifs is 1. The number of esters is 1. The Hall–Kier alpha value is -2.75. The zero-order chi connectivity index (χ0) is 16.4. The van der Waals surface area contributed by atoms with E-state index < -0.39 is 0 Å². The van der Waals surface area contributed by atoms with Gasteiger partial charge in [0.05, 0.1) is 19.8 Å². The number of aryl methyl sites for hydroxylation is 1. The lowest BCUT2D eigenvalue weighted by atomic mass is 9.91. The maximum absolute atomic E-state index is 11.8. The van der Waals surface area contributed by atoms with E-state index in [4.69, 9.17) is 14.2 Å². The van der Waals surface area contributed by atoms with E-state index in [1.54, 1.807) is 13.2 Å². The molecule has 0 fully saturated rings. The summed E-state index contributed by atoms with van der Waals surface area (Å²) in [5, 5.41) is 0. The first-order valence-electron chi connectivity index (χ1n) is 7.34. The second-order valence-corrected chi connectivity index (χ2v) is 5.31. The van der Waals surface area contributed by atoms with Crippen LogP contribution in [0.3, 0.4) is 0 Å². The molecule has 2 aromatic carbocycles. The van der Waals surface area contributed by atoms with E-state index in [9.17, 15) is 4.79 Å². The Morgan fingerprint density at radius 1 is 1.09 bits per heavy atom. The van der Waals surface area contributed by atoms with E-state index in [1.807, 2.05) is 43.3 Å². The molecule has 23 heavy (non-hydrogen) atoms. The lowest BCUT2D eigenvalue weighted by Crippen LogP contribution is -2.09. The number of hydrogen-bond donors (Lipinski definition) is 0. The van der Waals surface area contributed by atoms with Crippen LogP contribution in [0.4, 0.5) is 0 Å². The maximum Gasteiger partial charge on any atom is 0.337 e. The fraction of sp³-hybridized carbons (Fsp3) is 0.211. The van der Waals surface area contributed by atoms with E-state index >= 15 is 0 Å². The van der Waals surface area contributed by atoms with E-state index in [2.05, 4.69) is 0 Å². The summed E-state index contributed by atoms with van der Waals surface area (Å²) in [6, 6.07) is 11.3. The Balaban J connectivity index is 2.09. The Labute approximate surface area is 135 Å². The number of benzene rings is 2. The van der Waals surface area contributed by atoms with Crippen LogP contribution in [0.5, 0.6) is 11.5 Å². The molecule has 0 spiro atoms. The van der Waals surface area contributed by atoms with Crippen LogP contribution in [0.1, 0.15) is 27.0 Å². The molecule has 1 heterocycles. The molecule has 0 aliphatic carbocycles. The highest BCUT2D eigenvalue weighted by atomic mass is 16.5. The molecule has 2 aromatic rings. The van der Waals surface area contributed by atoms with E-state index in [0.717, 1.165) is 33.8 Å². The third-order valence-electron chi connectivity index (χ3n) is 3.94. The smallest absolute Gasteiger partial charge is 0.337 e. The van der Waals surface area contributed by atoms with Crippen molar-refractivity contribution < 1.29 is 19.0 Å². The van der Waals surface area contributed by atoms with Crippen molar-refractivity contribution in [3.63, 3.8) is 0 Å². The average Bonchev–Trinajstić information content (AvgIpc) is 2.60. The van der Waals surface area contributed by atoms with Gasteiger partial charge in [0, 0.05) is 5.56 Å². The molecular weight excluding hydrogens is 292 g/mol. The molecule has 0 N–H and O–H groups in total. The molecule has 1 aliphatic heterocycles. The number of carbonyl (C=O) groups is 1. The van der Waals surface area contributed by atoms with Crippen LogP contribution in [0, 0.1) is 6.92 Å². The molecule has 0 atom stereocenters. The van der Waals surface area contributed by atoms with Gasteiger partial charge in [-0.1, -0.05) is 6.07 Å². The third-order valence-corrected chi connectivity index (χ3v) is 3.94. The van der Waals surface area contributed by atoms with Gasteiger partial charge in [-0.15, -0.1) is 0 Å². The monoisotopic (exact) mass is 310 g/mol. The van der Waals surface area contributed by atoms with Gasteiger partial charge in [0.15, 0.2) is 0 Å². The molecule has 0 saturated heterocycles. The van der Waals surface area contributed by atoms with Crippen molar-refractivity contribution in [3.8, 4) is 11.5 Å². The van der Waals surface area contributed by atoms with Crippen molar-refractivity contribution in [3.05, 3.63) is 64.7 Å². The van der Waals surface area contributed by atoms with Crippen molar-refractivity contribution in [2.45, 2.75) is 6.92 Å². The summed E-state index contributed by atoms with van der Waals surface area (Å²) in [6.07, 6.45) is 2.03. The van der Waals surface area contributed by atoms with E-state index in [-0.39, 0.29) is 5.97 Å². The molecule has 0 amide bonds. The fourth-order valence-corrected chi connectivity index (χ4v) is 2.76. The largest absolute Gasteiger partial charge is 0.497 e. The van der Waals surface area contributed by atoms with Gasteiger partial charge in [-0.3, -0.25) is 0 Å². The first-order valence-corrected chi connectivity index (χ1v) is 7.34. The van der Waals surface area contributed by atoms with Crippen LogP contribution in [-0.4, -0.2) is 26.8 Å². The number of ether oxygens (including phenoxy) is 3. The number of rotatable bonds is 3. The molecule has 0 unspecified atom stereocenters. The Kier molecular flexibility index (Phi) is 4.06. The molecule has 4 heteroatoms. The second kappa shape index (κ2) is 6.16. The number of methoxy groups -OCH3 is 2. The summed E-state index contributed by atoms with van der Waals surface area (Å²) in [7, 11) is 3.03. The molecule has 0 bridgehead atoms.